The fourth-order valence-corrected chi connectivity index (χ4v) is 3.84. The minimum atomic E-state index is -0.143. The minimum absolute atomic E-state index is 0.0475. The van der Waals surface area contributed by atoms with Crippen molar-refractivity contribution in [3.63, 3.8) is 0 Å². The largest absolute Gasteiger partial charge is 0.353 e. The number of hydrogen-bond donors (Lipinski definition) is 3. The summed E-state index contributed by atoms with van der Waals surface area (Å²) in [6.45, 7) is 0.409. The van der Waals surface area contributed by atoms with E-state index in [1.54, 1.807) is 0 Å². The smallest absolute Gasteiger partial charge is 0.315 e. The van der Waals surface area contributed by atoms with Gasteiger partial charge < -0.3 is 16.0 Å². The quantitative estimate of drug-likeness (QED) is 0.722. The minimum Gasteiger partial charge on any atom is -0.353 e. The summed E-state index contributed by atoms with van der Waals surface area (Å²) in [6.07, 6.45) is 7.07. The molecule has 1 saturated carbocycles. The van der Waals surface area contributed by atoms with E-state index in [2.05, 4.69) is 16.0 Å². The molecule has 3 amide bonds. The first-order valence-electron chi connectivity index (χ1n) is 7.65. The summed E-state index contributed by atoms with van der Waals surface area (Å²) < 4.78 is 0. The van der Waals surface area contributed by atoms with Gasteiger partial charge in [0.1, 0.15) is 0 Å². The van der Waals surface area contributed by atoms with Crippen molar-refractivity contribution in [2.45, 2.75) is 57.0 Å². The van der Waals surface area contributed by atoms with Gasteiger partial charge in [0.05, 0.1) is 0 Å². The van der Waals surface area contributed by atoms with Gasteiger partial charge in [0.15, 0.2) is 0 Å². The molecule has 0 spiro atoms. The van der Waals surface area contributed by atoms with Crippen molar-refractivity contribution in [3.05, 3.63) is 0 Å². The molecule has 1 saturated heterocycles. The Bertz CT molecular complexity index is 326. The van der Waals surface area contributed by atoms with E-state index in [9.17, 15) is 9.59 Å². The zero-order valence-corrected chi connectivity index (χ0v) is 12.8. The second kappa shape index (κ2) is 8.39. The molecule has 0 aromatic rings. The van der Waals surface area contributed by atoms with Crippen molar-refractivity contribution in [1.82, 2.24) is 16.0 Å². The number of urea groups is 1. The summed E-state index contributed by atoms with van der Waals surface area (Å²) in [5.74, 6) is 2.29. The molecule has 0 aromatic carbocycles. The first kappa shape index (κ1) is 15.5. The molecule has 20 heavy (non-hydrogen) atoms. The molecule has 114 valence electrons. The van der Waals surface area contributed by atoms with Crippen LogP contribution < -0.4 is 16.0 Å². The van der Waals surface area contributed by atoms with Gasteiger partial charge in [-0.25, -0.2) is 4.79 Å². The SMILES string of the molecule is O=C(CCNC(=O)NC1CCSCC1)NC1CCCC1. The van der Waals surface area contributed by atoms with E-state index >= 15 is 0 Å². The Morgan fingerprint density at radius 2 is 1.60 bits per heavy atom. The highest BCUT2D eigenvalue weighted by atomic mass is 32.2. The molecule has 0 atom stereocenters. The van der Waals surface area contributed by atoms with Crippen LogP contribution in [0.25, 0.3) is 0 Å². The predicted molar refractivity (Wildman–Crippen MR) is 81.9 cm³/mol. The number of carbonyl (C=O) groups excluding carboxylic acids is 2. The molecule has 0 unspecified atom stereocenters. The van der Waals surface area contributed by atoms with Crippen LogP contribution in [-0.2, 0) is 4.79 Å². The molecule has 0 aromatic heterocycles. The molecule has 1 aliphatic heterocycles. The first-order valence-corrected chi connectivity index (χ1v) is 8.81. The van der Waals surface area contributed by atoms with Gasteiger partial charge in [0, 0.05) is 25.0 Å². The van der Waals surface area contributed by atoms with Crippen molar-refractivity contribution in [2.24, 2.45) is 0 Å². The Morgan fingerprint density at radius 1 is 0.950 bits per heavy atom. The van der Waals surface area contributed by atoms with Crippen molar-refractivity contribution >= 4 is 23.7 Å². The van der Waals surface area contributed by atoms with E-state index < -0.39 is 0 Å². The van der Waals surface area contributed by atoms with Crippen LogP contribution in [0.3, 0.4) is 0 Å². The van der Waals surface area contributed by atoms with Crippen molar-refractivity contribution in [3.8, 4) is 0 Å². The molecular weight excluding hydrogens is 274 g/mol. The maximum atomic E-state index is 11.7. The number of hydrogen-bond acceptors (Lipinski definition) is 3. The average molecular weight is 299 g/mol. The van der Waals surface area contributed by atoms with Gasteiger partial charge in [-0.2, -0.15) is 11.8 Å². The maximum absolute atomic E-state index is 11.7. The molecule has 6 heteroatoms. The summed E-state index contributed by atoms with van der Waals surface area (Å²) >= 11 is 1.94. The summed E-state index contributed by atoms with van der Waals surface area (Å²) in [7, 11) is 0. The Kier molecular flexibility index (Phi) is 6.50. The third-order valence-corrected chi connectivity index (χ3v) is 4.96. The standard InChI is InChI=1S/C14H25N3O2S/c18-13(16-11-3-1-2-4-11)5-8-15-14(19)17-12-6-9-20-10-7-12/h11-12H,1-10H2,(H,16,18)(H2,15,17,19). The van der Waals surface area contributed by atoms with Gasteiger partial charge in [-0.3, -0.25) is 4.79 Å². The number of nitrogens with one attached hydrogen (secondary N) is 3. The Morgan fingerprint density at radius 3 is 2.30 bits per heavy atom. The summed E-state index contributed by atoms with van der Waals surface area (Å²) in [4.78, 5) is 23.4. The molecule has 0 bridgehead atoms. The van der Waals surface area contributed by atoms with Gasteiger partial charge in [-0.15, -0.1) is 0 Å². The molecule has 1 heterocycles. The second-order valence-electron chi connectivity index (χ2n) is 5.59. The topological polar surface area (TPSA) is 70.2 Å². The lowest BCUT2D eigenvalue weighted by atomic mass is 10.2. The first-order chi connectivity index (χ1) is 9.74. The van der Waals surface area contributed by atoms with E-state index in [1.165, 1.54) is 12.8 Å². The summed E-state index contributed by atoms with van der Waals surface area (Å²) in [5, 5.41) is 8.76. The Hall–Kier alpha value is -0.910. The van der Waals surface area contributed by atoms with Gasteiger partial charge in [-0.05, 0) is 37.2 Å². The van der Waals surface area contributed by atoms with Gasteiger partial charge in [0.25, 0.3) is 0 Å². The zero-order valence-electron chi connectivity index (χ0n) is 12.0. The molecule has 2 rings (SSSR count). The molecule has 2 fully saturated rings. The lowest BCUT2D eigenvalue weighted by molar-refractivity contribution is -0.121. The monoisotopic (exact) mass is 299 g/mol. The third-order valence-electron chi connectivity index (χ3n) is 3.91. The summed E-state index contributed by atoms with van der Waals surface area (Å²) in [6, 6.07) is 0.509. The van der Waals surface area contributed by atoms with Crippen LogP contribution in [0.5, 0.6) is 0 Å². The molecule has 3 N–H and O–H groups in total. The van der Waals surface area contributed by atoms with Crippen LogP contribution in [0, 0.1) is 0 Å². The van der Waals surface area contributed by atoms with Gasteiger partial charge in [-0.1, -0.05) is 12.8 Å². The van der Waals surface area contributed by atoms with Crippen molar-refractivity contribution in [2.75, 3.05) is 18.1 Å². The van der Waals surface area contributed by atoms with Crippen LogP contribution in [0.1, 0.15) is 44.9 Å². The van der Waals surface area contributed by atoms with Crippen LogP contribution in [-0.4, -0.2) is 42.1 Å². The highest BCUT2D eigenvalue weighted by Gasteiger charge is 2.18. The third kappa shape index (κ3) is 5.61. The Labute approximate surface area is 125 Å². The molecule has 2 aliphatic rings. The number of rotatable bonds is 5. The van der Waals surface area contributed by atoms with Crippen LogP contribution in [0.15, 0.2) is 0 Å². The maximum Gasteiger partial charge on any atom is 0.315 e. The van der Waals surface area contributed by atoms with E-state index in [-0.39, 0.29) is 11.9 Å². The van der Waals surface area contributed by atoms with Gasteiger partial charge in [0.2, 0.25) is 5.91 Å². The highest BCUT2D eigenvalue weighted by Crippen LogP contribution is 2.17. The fraction of sp³-hybridized carbons (Fsp3) is 0.857. The molecule has 5 nitrogen and oxygen atoms in total. The predicted octanol–water partition coefficient (Wildman–Crippen LogP) is 1.63. The lowest BCUT2D eigenvalue weighted by Crippen LogP contribution is -2.44. The normalized spacial score (nSPS) is 20.6. The molecular formula is C14H25N3O2S. The molecule has 1 aliphatic carbocycles. The Balaban J connectivity index is 1.52. The van der Waals surface area contributed by atoms with Crippen molar-refractivity contribution < 1.29 is 9.59 Å². The zero-order chi connectivity index (χ0) is 14.2. The highest BCUT2D eigenvalue weighted by molar-refractivity contribution is 7.99. The fourth-order valence-electron chi connectivity index (χ4n) is 2.74. The van der Waals surface area contributed by atoms with Gasteiger partial charge >= 0.3 is 6.03 Å². The lowest BCUT2D eigenvalue weighted by Gasteiger charge is -2.22. The number of thioether (sulfide) groups is 1. The number of carbonyl (C=O) groups is 2. The number of amides is 3. The van der Waals surface area contributed by atoms with Crippen LogP contribution in [0.2, 0.25) is 0 Å². The van der Waals surface area contributed by atoms with E-state index in [1.807, 2.05) is 11.8 Å². The molecule has 0 radical (unpaired) electrons. The van der Waals surface area contributed by atoms with Crippen LogP contribution in [0.4, 0.5) is 4.79 Å². The second-order valence-corrected chi connectivity index (χ2v) is 6.81. The van der Waals surface area contributed by atoms with E-state index in [0.29, 0.717) is 25.0 Å². The average Bonchev–Trinajstić information content (AvgIpc) is 2.92. The summed E-state index contributed by atoms with van der Waals surface area (Å²) in [5.41, 5.74) is 0. The van der Waals surface area contributed by atoms with Crippen molar-refractivity contribution in [1.29, 1.82) is 0 Å². The van der Waals surface area contributed by atoms with E-state index in [4.69, 9.17) is 0 Å². The van der Waals surface area contributed by atoms with Crippen LogP contribution >= 0.6 is 11.8 Å². The van der Waals surface area contributed by atoms with E-state index in [0.717, 1.165) is 37.2 Å².